The molecule has 0 aliphatic carbocycles. The van der Waals surface area contributed by atoms with Crippen molar-refractivity contribution in [3.8, 4) is 11.5 Å². The molecule has 2 heterocycles. The van der Waals surface area contributed by atoms with Gasteiger partial charge in [-0.25, -0.2) is 9.18 Å². The minimum absolute atomic E-state index is 0.336. The Hall–Kier alpha value is -3.09. The maximum absolute atomic E-state index is 14.1. The standard InChI is InChI=1S/C27H26ClFN2O3/c1-18-13-14-30(16-18)17-25-26(19-3-2-4-21(29)15-19)31(27(32)34-25)22-7-11-24(12-8-22)33-23-9-5-20(28)6-10-23/h2-12,15,18,25-26H,13-14,16-17H2,1H3/t18-,25+,26+/m1/s1. The predicted molar refractivity (Wildman–Crippen MR) is 130 cm³/mol. The van der Waals surface area contributed by atoms with Crippen LogP contribution < -0.4 is 9.64 Å². The first-order chi connectivity index (χ1) is 16.5. The molecule has 0 aromatic heterocycles. The first kappa shape index (κ1) is 22.7. The van der Waals surface area contributed by atoms with Crippen molar-refractivity contribution in [1.82, 2.24) is 4.90 Å². The van der Waals surface area contributed by atoms with Gasteiger partial charge in [0.25, 0.3) is 0 Å². The summed E-state index contributed by atoms with van der Waals surface area (Å²) >= 11 is 5.94. The summed E-state index contributed by atoms with van der Waals surface area (Å²) in [6.45, 7) is 4.79. The third-order valence-electron chi connectivity index (χ3n) is 6.38. The average Bonchev–Trinajstić information content (AvgIpc) is 3.38. The number of hydrogen-bond acceptors (Lipinski definition) is 4. The third-order valence-corrected chi connectivity index (χ3v) is 6.63. The minimum atomic E-state index is -0.433. The lowest BCUT2D eigenvalue weighted by Crippen LogP contribution is -2.36. The zero-order valence-electron chi connectivity index (χ0n) is 18.9. The molecule has 0 radical (unpaired) electrons. The van der Waals surface area contributed by atoms with E-state index in [1.54, 1.807) is 47.4 Å². The monoisotopic (exact) mass is 480 g/mol. The minimum Gasteiger partial charge on any atom is -0.457 e. The van der Waals surface area contributed by atoms with Crippen molar-refractivity contribution in [2.24, 2.45) is 5.92 Å². The van der Waals surface area contributed by atoms with E-state index in [2.05, 4.69) is 11.8 Å². The number of carbonyl (C=O) groups is 1. The molecule has 176 valence electrons. The molecular weight excluding hydrogens is 455 g/mol. The maximum Gasteiger partial charge on any atom is 0.415 e. The molecule has 5 rings (SSSR count). The highest BCUT2D eigenvalue weighted by molar-refractivity contribution is 6.30. The Morgan fingerprint density at radius 1 is 1.06 bits per heavy atom. The van der Waals surface area contributed by atoms with E-state index in [4.69, 9.17) is 21.1 Å². The summed E-state index contributed by atoms with van der Waals surface area (Å²) in [6.07, 6.45) is 0.298. The number of benzene rings is 3. The largest absolute Gasteiger partial charge is 0.457 e. The third kappa shape index (κ3) is 4.88. The number of rotatable bonds is 6. The molecule has 0 bridgehead atoms. The van der Waals surface area contributed by atoms with E-state index in [0.29, 0.717) is 40.2 Å². The molecule has 0 saturated carbocycles. The van der Waals surface area contributed by atoms with Crippen molar-refractivity contribution in [3.63, 3.8) is 0 Å². The lowest BCUT2D eigenvalue weighted by molar-refractivity contribution is 0.103. The molecule has 1 amide bonds. The second-order valence-corrected chi connectivity index (χ2v) is 9.43. The van der Waals surface area contributed by atoms with E-state index in [1.807, 2.05) is 18.2 Å². The van der Waals surface area contributed by atoms with Gasteiger partial charge in [0.2, 0.25) is 0 Å². The molecule has 0 unspecified atom stereocenters. The fourth-order valence-corrected chi connectivity index (χ4v) is 4.87. The van der Waals surface area contributed by atoms with Gasteiger partial charge in [-0.2, -0.15) is 0 Å². The van der Waals surface area contributed by atoms with Crippen molar-refractivity contribution in [3.05, 3.63) is 89.2 Å². The fraction of sp³-hybridized carbons (Fsp3) is 0.296. The molecule has 2 aliphatic heterocycles. The summed E-state index contributed by atoms with van der Waals surface area (Å²) in [5.74, 6) is 1.57. The molecule has 34 heavy (non-hydrogen) atoms. The Labute approximate surface area is 203 Å². The van der Waals surface area contributed by atoms with Gasteiger partial charge in [-0.15, -0.1) is 0 Å². The number of carbonyl (C=O) groups excluding carboxylic acids is 1. The van der Waals surface area contributed by atoms with Crippen LogP contribution >= 0.6 is 11.6 Å². The highest BCUT2D eigenvalue weighted by atomic mass is 35.5. The molecule has 0 spiro atoms. The summed E-state index contributed by atoms with van der Waals surface area (Å²) in [5.41, 5.74) is 1.38. The van der Waals surface area contributed by atoms with Crippen LogP contribution in [-0.2, 0) is 4.74 Å². The van der Waals surface area contributed by atoms with Gasteiger partial charge in [0.05, 0.1) is 0 Å². The van der Waals surface area contributed by atoms with Gasteiger partial charge in [0.15, 0.2) is 0 Å². The molecule has 2 saturated heterocycles. The Morgan fingerprint density at radius 3 is 2.41 bits per heavy atom. The molecule has 0 N–H and O–H groups in total. The lowest BCUT2D eigenvalue weighted by atomic mass is 9.99. The van der Waals surface area contributed by atoms with E-state index in [-0.39, 0.29) is 5.82 Å². The van der Waals surface area contributed by atoms with Gasteiger partial charge in [-0.3, -0.25) is 9.80 Å². The Morgan fingerprint density at radius 2 is 1.76 bits per heavy atom. The van der Waals surface area contributed by atoms with Crippen LogP contribution in [0, 0.1) is 11.7 Å². The zero-order valence-corrected chi connectivity index (χ0v) is 19.6. The van der Waals surface area contributed by atoms with Crippen molar-refractivity contribution in [1.29, 1.82) is 0 Å². The van der Waals surface area contributed by atoms with Crippen molar-refractivity contribution in [2.45, 2.75) is 25.5 Å². The van der Waals surface area contributed by atoms with Crippen LogP contribution in [-0.4, -0.2) is 36.7 Å². The van der Waals surface area contributed by atoms with Crippen LogP contribution in [0.5, 0.6) is 11.5 Å². The van der Waals surface area contributed by atoms with E-state index >= 15 is 0 Å². The number of likely N-dealkylation sites (tertiary alicyclic amines) is 1. The average molecular weight is 481 g/mol. The van der Waals surface area contributed by atoms with Crippen LogP contribution in [0.2, 0.25) is 5.02 Å². The summed E-state index contributed by atoms with van der Waals surface area (Å²) in [4.78, 5) is 17.0. The fourth-order valence-electron chi connectivity index (χ4n) is 4.75. The van der Waals surface area contributed by atoms with Gasteiger partial charge in [0.1, 0.15) is 29.5 Å². The molecule has 2 aliphatic rings. The number of amides is 1. The SMILES string of the molecule is C[C@@H]1CCN(C[C@@H]2OC(=O)N(c3ccc(Oc4ccc(Cl)cc4)cc3)[C@H]2c2cccc(F)c2)C1. The lowest BCUT2D eigenvalue weighted by Gasteiger charge is -2.27. The highest BCUT2D eigenvalue weighted by Gasteiger charge is 2.44. The number of halogens is 2. The molecule has 3 aromatic carbocycles. The van der Waals surface area contributed by atoms with Crippen LogP contribution in [0.1, 0.15) is 24.9 Å². The van der Waals surface area contributed by atoms with E-state index < -0.39 is 18.2 Å². The quantitative estimate of drug-likeness (QED) is 0.394. The van der Waals surface area contributed by atoms with E-state index in [1.165, 1.54) is 12.1 Å². The maximum atomic E-state index is 14.1. The Bertz CT molecular complexity index is 1160. The number of anilines is 1. The Balaban J connectivity index is 1.41. The molecule has 2 fully saturated rings. The first-order valence-electron chi connectivity index (χ1n) is 11.5. The number of cyclic esters (lactones) is 1. The van der Waals surface area contributed by atoms with Gasteiger partial charge in [0, 0.05) is 23.8 Å². The summed E-state index contributed by atoms with van der Waals surface area (Å²) in [5, 5.41) is 0.636. The zero-order chi connectivity index (χ0) is 23.7. The van der Waals surface area contributed by atoms with Gasteiger partial charge in [-0.1, -0.05) is 30.7 Å². The van der Waals surface area contributed by atoms with Crippen LogP contribution in [0.3, 0.4) is 0 Å². The normalized spacial score (nSPS) is 22.7. The second kappa shape index (κ2) is 9.65. The summed E-state index contributed by atoms with van der Waals surface area (Å²) in [7, 11) is 0. The van der Waals surface area contributed by atoms with Crippen molar-refractivity contribution >= 4 is 23.4 Å². The first-order valence-corrected chi connectivity index (χ1v) is 11.9. The second-order valence-electron chi connectivity index (χ2n) is 9.00. The van der Waals surface area contributed by atoms with Gasteiger partial charge >= 0.3 is 6.09 Å². The van der Waals surface area contributed by atoms with Gasteiger partial charge < -0.3 is 9.47 Å². The van der Waals surface area contributed by atoms with Crippen molar-refractivity contribution < 1.29 is 18.7 Å². The van der Waals surface area contributed by atoms with Crippen LogP contribution in [0.25, 0.3) is 0 Å². The molecule has 7 heteroatoms. The molecule has 3 aromatic rings. The number of nitrogens with zero attached hydrogens (tertiary/aromatic N) is 2. The smallest absolute Gasteiger partial charge is 0.415 e. The molecule has 5 nitrogen and oxygen atoms in total. The highest BCUT2D eigenvalue weighted by Crippen LogP contribution is 2.39. The van der Waals surface area contributed by atoms with Gasteiger partial charge in [-0.05, 0) is 85.1 Å². The molecule has 3 atom stereocenters. The van der Waals surface area contributed by atoms with Crippen molar-refractivity contribution in [2.75, 3.05) is 24.5 Å². The van der Waals surface area contributed by atoms with E-state index in [0.717, 1.165) is 19.5 Å². The predicted octanol–water partition coefficient (Wildman–Crippen LogP) is 6.68. The molecular formula is C27H26ClFN2O3. The Kier molecular flexibility index (Phi) is 6.44. The summed E-state index contributed by atoms with van der Waals surface area (Å²) in [6, 6.07) is 20.3. The number of hydrogen-bond donors (Lipinski definition) is 0. The van der Waals surface area contributed by atoms with E-state index in [9.17, 15) is 9.18 Å². The number of ether oxygens (including phenoxy) is 2. The summed E-state index contributed by atoms with van der Waals surface area (Å²) < 4.78 is 25.9. The van der Waals surface area contributed by atoms with Crippen LogP contribution in [0.4, 0.5) is 14.9 Å². The van der Waals surface area contributed by atoms with Crippen LogP contribution in [0.15, 0.2) is 72.8 Å². The topological polar surface area (TPSA) is 42.0 Å².